The van der Waals surface area contributed by atoms with E-state index in [-0.39, 0.29) is 64.0 Å². The summed E-state index contributed by atoms with van der Waals surface area (Å²) in [5.41, 5.74) is 3.24. The van der Waals surface area contributed by atoms with Gasteiger partial charge in [0.25, 0.3) is 0 Å². The molecule has 384 valence electrons. The number of amides is 5. The van der Waals surface area contributed by atoms with Crippen LogP contribution in [0.1, 0.15) is 88.2 Å². The number of imide groups is 1. The third-order valence-corrected chi connectivity index (χ3v) is 15.3. The van der Waals surface area contributed by atoms with Crippen molar-refractivity contribution in [2.45, 2.75) is 90.0 Å². The number of nitrogens with zero attached hydrogens (tertiary/aromatic N) is 7. The first-order chi connectivity index (χ1) is 34.7. The second kappa shape index (κ2) is 23.3. The topological polar surface area (TPSA) is 171 Å². The van der Waals surface area contributed by atoms with Gasteiger partial charge in [-0.25, -0.2) is 14.2 Å². The van der Waals surface area contributed by atoms with E-state index >= 15 is 4.39 Å². The molecule has 5 fully saturated rings. The van der Waals surface area contributed by atoms with Crippen molar-refractivity contribution in [3.63, 3.8) is 0 Å². The lowest BCUT2D eigenvalue weighted by molar-refractivity contribution is -0.139. The van der Waals surface area contributed by atoms with E-state index in [1.807, 2.05) is 30.3 Å². The number of aldehydes is 2. The van der Waals surface area contributed by atoms with Crippen LogP contribution in [0.5, 0.6) is 0 Å². The Morgan fingerprint density at radius 1 is 0.847 bits per heavy atom. The molecule has 0 radical (unpaired) electrons. The number of hydrogen-bond donors (Lipinski definition) is 3. The van der Waals surface area contributed by atoms with Crippen molar-refractivity contribution >= 4 is 59.2 Å². The molecule has 5 amide bonds. The molecular weight excluding hydrogens is 916 g/mol. The molecule has 4 heterocycles. The molecule has 0 spiro atoms. The number of allylic oxidation sites excluding steroid dienone is 2. The number of piperazine rings is 1. The summed E-state index contributed by atoms with van der Waals surface area (Å²) in [4.78, 5) is 94.6. The lowest BCUT2D eigenvalue weighted by Gasteiger charge is -2.40. The van der Waals surface area contributed by atoms with Crippen LogP contribution in [0.4, 0.5) is 32.1 Å². The zero-order valence-corrected chi connectivity index (χ0v) is 42.5. The standard InChI is InChI=1S/C55H71FN10O6/c1-36-9-17-48(47(56)29-36)59-52(61(3)4)46(35-68)51(37(2)34-67)66(55(72)62(5)43-14-15-43)44-8-6-7-42(31-44)58-32-38-10-12-40(13-11-38)54(71)65-27-25-63(26-28-65)33-39-20-23-64(24-21-39)49-30-41(19-22-57-49)45-16-18-50(69)60-53(45)70/h6-9,17,19,22,29-31,34-35,38-40,43,45,58-59H,10-16,18,20-21,23-28,32-33H2,1-5H3,(H,60,69,70)/b51-37+,52-46-. The Morgan fingerprint density at radius 2 is 1.58 bits per heavy atom. The fraction of sp³-hybridized carbons (Fsp3) is 0.509. The Bertz CT molecular complexity index is 2560. The van der Waals surface area contributed by atoms with Crippen molar-refractivity contribution in [1.82, 2.24) is 29.9 Å². The Balaban J connectivity index is 0.838. The highest BCUT2D eigenvalue weighted by Crippen LogP contribution is 2.36. The highest BCUT2D eigenvalue weighted by molar-refractivity contribution is 6.03. The summed E-state index contributed by atoms with van der Waals surface area (Å²) in [5.74, 6) is 1.01. The largest absolute Gasteiger partial charge is 0.385 e. The number of carbonyl (C=O) groups excluding carboxylic acids is 6. The molecule has 2 saturated carbocycles. The lowest BCUT2D eigenvalue weighted by atomic mass is 9.81. The van der Waals surface area contributed by atoms with E-state index in [9.17, 15) is 28.8 Å². The SMILES string of the molecule is C/C(C=O)=C(/C(C=O)=C(/Nc1ccc(C)cc1F)N(C)C)N(C(=O)N(C)C1CC1)c1cccc(NCC2CCC(C(=O)N3CCN(CC4CCN(c5cc(C6CCC(=O)NC6=O)ccn5)CC4)CC3)CC2)c1. The zero-order chi connectivity index (χ0) is 51.1. The van der Waals surface area contributed by atoms with Gasteiger partial charge in [-0.05, 0) is 137 Å². The quantitative estimate of drug-likeness (QED) is 0.0554. The molecule has 2 aromatic carbocycles. The molecule has 1 atom stereocenters. The zero-order valence-electron chi connectivity index (χ0n) is 42.5. The normalized spacial score (nSPS) is 21.7. The van der Waals surface area contributed by atoms with Gasteiger partial charge in [0.15, 0.2) is 6.29 Å². The van der Waals surface area contributed by atoms with E-state index in [4.69, 9.17) is 0 Å². The average molecular weight is 987 g/mol. The molecule has 5 aliphatic rings. The summed E-state index contributed by atoms with van der Waals surface area (Å²) < 4.78 is 15.2. The molecule has 1 unspecified atom stereocenters. The average Bonchev–Trinajstić information content (AvgIpc) is 4.24. The summed E-state index contributed by atoms with van der Waals surface area (Å²) in [6, 6.07) is 15.6. The first-order valence-electron chi connectivity index (χ1n) is 25.7. The molecular formula is C55H71FN10O6. The molecule has 0 bridgehead atoms. The van der Waals surface area contributed by atoms with Gasteiger partial charge in [0.1, 0.15) is 23.7 Å². The second-order valence-corrected chi connectivity index (χ2v) is 20.6. The maximum Gasteiger partial charge on any atom is 0.329 e. The second-order valence-electron chi connectivity index (χ2n) is 20.6. The molecule has 3 N–H and O–H groups in total. The molecule has 3 aliphatic heterocycles. The highest BCUT2D eigenvalue weighted by atomic mass is 19.1. The molecule has 17 heteroatoms. The number of nitrogens with one attached hydrogen (secondary N) is 3. The van der Waals surface area contributed by atoms with Crippen molar-refractivity contribution in [2.24, 2.45) is 17.8 Å². The van der Waals surface area contributed by atoms with Crippen LogP contribution >= 0.6 is 0 Å². The molecule has 3 aromatic rings. The van der Waals surface area contributed by atoms with Crippen LogP contribution in [-0.2, 0) is 24.0 Å². The maximum atomic E-state index is 15.2. The van der Waals surface area contributed by atoms with E-state index in [2.05, 4.69) is 35.6 Å². The number of anilines is 4. The Hall–Kier alpha value is -6.62. The fourth-order valence-corrected chi connectivity index (χ4v) is 10.8. The van der Waals surface area contributed by atoms with Crippen molar-refractivity contribution in [3.05, 3.63) is 100 Å². The number of urea groups is 1. The van der Waals surface area contributed by atoms with Crippen LogP contribution in [0, 0.1) is 30.5 Å². The van der Waals surface area contributed by atoms with Gasteiger partial charge in [-0.1, -0.05) is 12.1 Å². The summed E-state index contributed by atoms with van der Waals surface area (Å²) in [6.45, 7) is 10.1. The molecule has 2 aliphatic carbocycles. The summed E-state index contributed by atoms with van der Waals surface area (Å²) in [6.07, 6.45) is 11.1. The van der Waals surface area contributed by atoms with Gasteiger partial charge in [0, 0.05) is 109 Å². The van der Waals surface area contributed by atoms with Crippen molar-refractivity contribution in [1.29, 1.82) is 0 Å². The minimum atomic E-state index is -0.513. The number of aromatic nitrogens is 1. The highest BCUT2D eigenvalue weighted by Gasteiger charge is 2.37. The van der Waals surface area contributed by atoms with Crippen LogP contribution in [-0.4, -0.2) is 140 Å². The van der Waals surface area contributed by atoms with Gasteiger partial charge in [-0.2, -0.15) is 0 Å². The maximum absolute atomic E-state index is 15.2. The van der Waals surface area contributed by atoms with Crippen LogP contribution in [0.3, 0.4) is 0 Å². The predicted octanol–water partition coefficient (Wildman–Crippen LogP) is 6.91. The monoisotopic (exact) mass is 987 g/mol. The van der Waals surface area contributed by atoms with E-state index in [0.29, 0.717) is 49.5 Å². The molecule has 72 heavy (non-hydrogen) atoms. The third kappa shape index (κ3) is 12.3. The molecule has 16 nitrogen and oxygen atoms in total. The van der Waals surface area contributed by atoms with Crippen LogP contribution in [0.25, 0.3) is 0 Å². The first kappa shape index (κ1) is 51.7. The Morgan fingerprint density at radius 3 is 2.24 bits per heavy atom. The third-order valence-electron chi connectivity index (χ3n) is 15.3. The summed E-state index contributed by atoms with van der Waals surface area (Å²) >= 11 is 0. The number of rotatable bonds is 17. The van der Waals surface area contributed by atoms with Crippen molar-refractivity contribution in [3.8, 4) is 0 Å². The Labute approximate surface area is 423 Å². The molecule has 3 saturated heterocycles. The Kier molecular flexibility index (Phi) is 16.7. The van der Waals surface area contributed by atoms with E-state index in [1.165, 1.54) is 11.0 Å². The number of carbonyl (C=O) groups is 6. The van der Waals surface area contributed by atoms with Gasteiger partial charge in [0.05, 0.1) is 28.6 Å². The number of pyridine rings is 1. The van der Waals surface area contributed by atoms with Gasteiger partial charge in [-0.3, -0.25) is 39.1 Å². The van der Waals surface area contributed by atoms with Crippen molar-refractivity contribution in [2.75, 3.05) is 93.9 Å². The summed E-state index contributed by atoms with van der Waals surface area (Å²) in [7, 11) is 5.13. The number of halogens is 1. The van der Waals surface area contributed by atoms with E-state index in [1.54, 1.807) is 69.2 Å². The number of piperidine rings is 2. The number of hydrogen-bond acceptors (Lipinski definition) is 12. The fourth-order valence-electron chi connectivity index (χ4n) is 10.8. The van der Waals surface area contributed by atoms with Gasteiger partial charge < -0.3 is 30.2 Å². The summed E-state index contributed by atoms with van der Waals surface area (Å²) in [5, 5.41) is 9.12. The van der Waals surface area contributed by atoms with Crippen LogP contribution in [0.15, 0.2) is 83.5 Å². The van der Waals surface area contributed by atoms with E-state index < -0.39 is 11.8 Å². The van der Waals surface area contributed by atoms with Crippen LogP contribution < -0.4 is 25.8 Å². The number of aryl methyl sites for hydroxylation is 1. The molecule has 1 aromatic heterocycles. The first-order valence-corrected chi connectivity index (χ1v) is 25.7. The van der Waals surface area contributed by atoms with Gasteiger partial charge in [0.2, 0.25) is 17.7 Å². The minimum absolute atomic E-state index is 0.00822. The van der Waals surface area contributed by atoms with Crippen molar-refractivity contribution < 1.29 is 33.2 Å². The predicted molar refractivity (Wildman–Crippen MR) is 277 cm³/mol. The van der Waals surface area contributed by atoms with Gasteiger partial charge >= 0.3 is 6.03 Å². The lowest BCUT2D eigenvalue weighted by Crippen LogP contribution is -2.52. The smallest absolute Gasteiger partial charge is 0.329 e. The number of benzene rings is 2. The molecule has 8 rings (SSSR count). The van der Waals surface area contributed by atoms with Crippen LogP contribution in [0.2, 0.25) is 0 Å². The van der Waals surface area contributed by atoms with Gasteiger partial charge in [-0.15, -0.1) is 0 Å². The van der Waals surface area contributed by atoms with E-state index in [0.717, 1.165) is 120 Å². The minimum Gasteiger partial charge on any atom is -0.385 e.